The maximum Gasteiger partial charge on any atom is 0.251 e. The number of nitrogens with one attached hydrogen (secondary N) is 2. The predicted octanol–water partition coefficient (Wildman–Crippen LogP) is 3.43. The van der Waals surface area contributed by atoms with Crippen LogP contribution in [0.5, 0.6) is 0 Å². The van der Waals surface area contributed by atoms with Crippen molar-refractivity contribution in [1.29, 1.82) is 0 Å². The summed E-state index contributed by atoms with van der Waals surface area (Å²) in [5.74, 6) is 0.806. The van der Waals surface area contributed by atoms with Crippen LogP contribution in [0.25, 0.3) is 0 Å². The lowest BCUT2D eigenvalue weighted by Crippen LogP contribution is -2.26. The monoisotopic (exact) mass is 260 g/mol. The highest BCUT2D eigenvalue weighted by atomic mass is 16.1. The molecule has 1 fully saturated rings. The fraction of sp³-hybridized carbons (Fsp3) is 0.562. The first-order chi connectivity index (χ1) is 9.19. The Morgan fingerprint density at radius 1 is 1.37 bits per heavy atom. The molecule has 0 aliphatic heterocycles. The van der Waals surface area contributed by atoms with E-state index >= 15 is 0 Å². The number of hydrogen-bond donors (Lipinski definition) is 2. The lowest BCUT2D eigenvalue weighted by Gasteiger charge is -2.28. The van der Waals surface area contributed by atoms with Crippen molar-refractivity contribution in [3.63, 3.8) is 0 Å². The second-order valence-corrected chi connectivity index (χ2v) is 5.55. The van der Waals surface area contributed by atoms with Crippen LogP contribution in [0.3, 0.4) is 0 Å². The third kappa shape index (κ3) is 3.98. The van der Waals surface area contributed by atoms with Crippen molar-refractivity contribution in [3.05, 3.63) is 29.8 Å². The molecule has 1 aromatic rings. The molecule has 19 heavy (non-hydrogen) atoms. The Morgan fingerprint density at radius 3 is 2.95 bits per heavy atom. The van der Waals surface area contributed by atoms with Crippen LogP contribution in [0.1, 0.15) is 49.9 Å². The van der Waals surface area contributed by atoms with Gasteiger partial charge < -0.3 is 10.6 Å². The van der Waals surface area contributed by atoms with E-state index < -0.39 is 0 Å². The van der Waals surface area contributed by atoms with Gasteiger partial charge in [-0.25, -0.2) is 0 Å². The summed E-state index contributed by atoms with van der Waals surface area (Å²) in [7, 11) is 0. The van der Waals surface area contributed by atoms with Gasteiger partial charge >= 0.3 is 0 Å². The molecule has 0 heterocycles. The average Bonchev–Trinajstić information content (AvgIpc) is 2.39. The number of amides is 1. The van der Waals surface area contributed by atoms with Gasteiger partial charge in [-0.3, -0.25) is 4.79 Å². The minimum atomic E-state index is 0.00293. The van der Waals surface area contributed by atoms with Gasteiger partial charge in [-0.15, -0.1) is 0 Å². The van der Waals surface area contributed by atoms with Crippen LogP contribution in [0, 0.1) is 5.92 Å². The first-order valence-electron chi connectivity index (χ1n) is 7.34. The Bertz CT molecular complexity index is 431. The van der Waals surface area contributed by atoms with Gasteiger partial charge in [0.05, 0.1) is 0 Å². The fourth-order valence-corrected chi connectivity index (χ4v) is 2.81. The van der Waals surface area contributed by atoms with E-state index in [2.05, 4.69) is 17.6 Å². The van der Waals surface area contributed by atoms with E-state index in [1.54, 1.807) is 0 Å². The first-order valence-corrected chi connectivity index (χ1v) is 7.34. The summed E-state index contributed by atoms with van der Waals surface area (Å²) in [6.07, 6.45) is 5.10. The highest BCUT2D eigenvalue weighted by Gasteiger charge is 2.18. The number of carbonyl (C=O) groups excluding carboxylic acids is 1. The second-order valence-electron chi connectivity index (χ2n) is 5.55. The zero-order chi connectivity index (χ0) is 13.7. The average molecular weight is 260 g/mol. The molecular weight excluding hydrogens is 236 g/mol. The quantitative estimate of drug-likeness (QED) is 0.871. The minimum Gasteiger partial charge on any atom is -0.382 e. The molecule has 1 amide bonds. The highest BCUT2D eigenvalue weighted by Crippen LogP contribution is 2.26. The number of carbonyl (C=O) groups is 1. The summed E-state index contributed by atoms with van der Waals surface area (Å²) < 4.78 is 0. The molecule has 2 atom stereocenters. The Labute approximate surface area is 115 Å². The lowest BCUT2D eigenvalue weighted by atomic mass is 9.87. The van der Waals surface area contributed by atoms with Gasteiger partial charge in [-0.05, 0) is 43.9 Å². The van der Waals surface area contributed by atoms with Crippen molar-refractivity contribution in [1.82, 2.24) is 5.32 Å². The zero-order valence-electron chi connectivity index (χ0n) is 11.9. The second kappa shape index (κ2) is 6.60. The lowest BCUT2D eigenvalue weighted by molar-refractivity contribution is 0.0956. The molecule has 0 radical (unpaired) electrons. The van der Waals surface area contributed by atoms with E-state index in [1.165, 1.54) is 25.7 Å². The van der Waals surface area contributed by atoms with Gasteiger partial charge in [0.2, 0.25) is 0 Å². The SMILES string of the molecule is CCNC(=O)c1cccc(NC2CCCC(C)C2)c1. The predicted molar refractivity (Wildman–Crippen MR) is 79.5 cm³/mol. The maximum atomic E-state index is 11.8. The third-order valence-corrected chi connectivity index (χ3v) is 3.77. The summed E-state index contributed by atoms with van der Waals surface area (Å²) in [5.41, 5.74) is 1.79. The van der Waals surface area contributed by atoms with Crippen molar-refractivity contribution < 1.29 is 4.79 Å². The Balaban J connectivity index is 2.00. The first kappa shape index (κ1) is 13.9. The van der Waals surface area contributed by atoms with Crippen LogP contribution >= 0.6 is 0 Å². The molecule has 2 rings (SSSR count). The van der Waals surface area contributed by atoms with Gasteiger partial charge in [0.1, 0.15) is 0 Å². The van der Waals surface area contributed by atoms with Crippen LogP contribution in [0.15, 0.2) is 24.3 Å². The molecule has 0 aromatic heterocycles. The summed E-state index contributed by atoms with van der Waals surface area (Å²) in [4.78, 5) is 11.8. The van der Waals surface area contributed by atoms with E-state index in [1.807, 2.05) is 31.2 Å². The molecule has 0 bridgehead atoms. The molecule has 1 aliphatic rings. The molecule has 0 saturated heterocycles. The largest absolute Gasteiger partial charge is 0.382 e. The molecule has 1 saturated carbocycles. The molecule has 3 nitrogen and oxygen atoms in total. The van der Waals surface area contributed by atoms with Crippen LogP contribution in [-0.2, 0) is 0 Å². The molecular formula is C16H24N2O. The molecule has 2 N–H and O–H groups in total. The molecule has 0 spiro atoms. The molecule has 2 unspecified atom stereocenters. The molecule has 3 heteroatoms. The topological polar surface area (TPSA) is 41.1 Å². The standard InChI is InChI=1S/C16H24N2O/c1-3-17-16(19)13-7-5-9-15(11-13)18-14-8-4-6-12(2)10-14/h5,7,9,11-12,14,18H,3-4,6,8,10H2,1-2H3,(H,17,19). The number of rotatable bonds is 4. The smallest absolute Gasteiger partial charge is 0.251 e. The number of hydrogen-bond acceptors (Lipinski definition) is 2. The van der Waals surface area contributed by atoms with Crippen molar-refractivity contribution in [2.24, 2.45) is 5.92 Å². The van der Waals surface area contributed by atoms with Gasteiger partial charge in [-0.2, -0.15) is 0 Å². The van der Waals surface area contributed by atoms with E-state index in [0.29, 0.717) is 12.6 Å². The highest BCUT2D eigenvalue weighted by molar-refractivity contribution is 5.95. The third-order valence-electron chi connectivity index (χ3n) is 3.77. The Hall–Kier alpha value is -1.51. The van der Waals surface area contributed by atoms with Crippen LogP contribution < -0.4 is 10.6 Å². The molecule has 104 valence electrons. The van der Waals surface area contributed by atoms with Crippen LogP contribution in [0.2, 0.25) is 0 Å². The van der Waals surface area contributed by atoms with Crippen LogP contribution in [-0.4, -0.2) is 18.5 Å². The van der Waals surface area contributed by atoms with Crippen molar-refractivity contribution >= 4 is 11.6 Å². The Morgan fingerprint density at radius 2 is 2.21 bits per heavy atom. The summed E-state index contributed by atoms with van der Waals surface area (Å²) in [5, 5.41) is 6.40. The number of benzene rings is 1. The van der Waals surface area contributed by atoms with Gasteiger partial charge in [0.15, 0.2) is 0 Å². The summed E-state index contributed by atoms with van der Waals surface area (Å²) >= 11 is 0. The van der Waals surface area contributed by atoms with E-state index in [0.717, 1.165) is 17.2 Å². The summed E-state index contributed by atoms with van der Waals surface area (Å²) in [6, 6.07) is 8.35. The van der Waals surface area contributed by atoms with E-state index in [9.17, 15) is 4.79 Å². The van der Waals surface area contributed by atoms with Crippen LogP contribution in [0.4, 0.5) is 5.69 Å². The Kier molecular flexibility index (Phi) is 4.83. The molecule has 1 aromatic carbocycles. The minimum absolute atomic E-state index is 0.00293. The normalized spacial score (nSPS) is 22.8. The van der Waals surface area contributed by atoms with E-state index in [-0.39, 0.29) is 5.91 Å². The van der Waals surface area contributed by atoms with Gasteiger partial charge in [-0.1, -0.05) is 25.8 Å². The van der Waals surface area contributed by atoms with E-state index in [4.69, 9.17) is 0 Å². The molecule has 1 aliphatic carbocycles. The zero-order valence-corrected chi connectivity index (χ0v) is 11.9. The fourth-order valence-electron chi connectivity index (χ4n) is 2.81. The summed E-state index contributed by atoms with van der Waals surface area (Å²) in [6.45, 7) is 4.92. The van der Waals surface area contributed by atoms with Crippen molar-refractivity contribution in [3.8, 4) is 0 Å². The van der Waals surface area contributed by atoms with Crippen molar-refractivity contribution in [2.45, 2.75) is 45.6 Å². The van der Waals surface area contributed by atoms with Gasteiger partial charge in [0.25, 0.3) is 5.91 Å². The maximum absolute atomic E-state index is 11.8. The van der Waals surface area contributed by atoms with Gasteiger partial charge in [0, 0.05) is 23.8 Å². The van der Waals surface area contributed by atoms with Crippen molar-refractivity contribution in [2.75, 3.05) is 11.9 Å². The number of anilines is 1.